The monoisotopic (exact) mass is 255 g/mol. The Labute approximate surface area is 104 Å². The maximum Gasteiger partial charge on any atom is 0.180 e. The zero-order chi connectivity index (χ0) is 12.3. The summed E-state index contributed by atoms with van der Waals surface area (Å²) in [6.07, 6.45) is 0. The first-order valence-corrected chi connectivity index (χ1v) is 6.56. The van der Waals surface area contributed by atoms with Crippen LogP contribution in [0.25, 0.3) is 0 Å². The molecule has 2 rings (SSSR count). The molecular weight excluding hydrogens is 241 g/mol. The Kier molecular flexibility index (Phi) is 4.02. The molecule has 1 N–H and O–H groups in total. The Hall–Kier alpha value is -1.07. The molecule has 1 aromatic rings. The number of methoxy groups -OCH3 is 1. The second-order valence-electron chi connectivity index (χ2n) is 3.80. The third kappa shape index (κ3) is 2.79. The Morgan fingerprint density at radius 1 is 1.59 bits per heavy atom. The predicted octanol–water partition coefficient (Wildman–Crippen LogP) is 1.72. The summed E-state index contributed by atoms with van der Waals surface area (Å²) >= 11 is 1.74. The quantitative estimate of drug-likeness (QED) is 0.835. The minimum atomic E-state index is -0.498. The van der Waals surface area contributed by atoms with E-state index in [1.54, 1.807) is 17.8 Å². The molecule has 0 aromatic heterocycles. The number of hydrogen-bond donors (Lipinski definition) is 1. The fraction of sp³-hybridized carbons (Fsp3) is 0.417. The lowest BCUT2D eigenvalue weighted by molar-refractivity contribution is 0.0952. The molecule has 0 aliphatic carbocycles. The number of carbonyl (C=O) groups is 1. The average molecular weight is 255 g/mol. The van der Waals surface area contributed by atoms with Gasteiger partial charge in [0.2, 0.25) is 0 Å². The summed E-state index contributed by atoms with van der Waals surface area (Å²) in [5.41, 5.74) is 0.392. The second kappa shape index (κ2) is 5.51. The highest BCUT2D eigenvalue weighted by Gasteiger charge is 2.22. The van der Waals surface area contributed by atoms with Crippen molar-refractivity contribution in [3.63, 3.8) is 0 Å². The van der Waals surface area contributed by atoms with Crippen LogP contribution >= 0.6 is 11.8 Å². The van der Waals surface area contributed by atoms with Gasteiger partial charge in [0.25, 0.3) is 0 Å². The zero-order valence-electron chi connectivity index (χ0n) is 9.53. The van der Waals surface area contributed by atoms with E-state index in [1.807, 2.05) is 0 Å². The van der Waals surface area contributed by atoms with Gasteiger partial charge in [-0.05, 0) is 18.2 Å². The van der Waals surface area contributed by atoms with E-state index in [-0.39, 0.29) is 17.6 Å². The van der Waals surface area contributed by atoms with E-state index >= 15 is 0 Å². The highest BCUT2D eigenvalue weighted by atomic mass is 32.2. The third-order valence-electron chi connectivity index (χ3n) is 2.67. The minimum absolute atomic E-state index is 0.0567. The summed E-state index contributed by atoms with van der Waals surface area (Å²) in [7, 11) is 1.40. The fourth-order valence-corrected chi connectivity index (χ4v) is 2.69. The van der Waals surface area contributed by atoms with Gasteiger partial charge in [-0.15, -0.1) is 0 Å². The normalized spacial score (nSPS) is 20.0. The van der Waals surface area contributed by atoms with Crippen LogP contribution in [0, 0.1) is 5.82 Å². The largest absolute Gasteiger partial charge is 0.494 e. The lowest BCUT2D eigenvalue weighted by atomic mass is 10.0. The van der Waals surface area contributed by atoms with Gasteiger partial charge in [-0.2, -0.15) is 11.8 Å². The summed E-state index contributed by atoms with van der Waals surface area (Å²) in [5.74, 6) is 1.36. The molecule has 1 unspecified atom stereocenters. The number of thioether (sulfide) groups is 1. The molecule has 1 saturated heterocycles. The van der Waals surface area contributed by atoms with E-state index in [2.05, 4.69) is 5.32 Å². The van der Waals surface area contributed by atoms with Gasteiger partial charge >= 0.3 is 0 Å². The first kappa shape index (κ1) is 12.4. The van der Waals surface area contributed by atoms with Crippen LogP contribution in [0.5, 0.6) is 5.75 Å². The van der Waals surface area contributed by atoms with Crippen molar-refractivity contribution >= 4 is 17.5 Å². The van der Waals surface area contributed by atoms with Crippen LogP contribution in [0.3, 0.4) is 0 Å². The van der Waals surface area contributed by atoms with E-state index in [9.17, 15) is 9.18 Å². The van der Waals surface area contributed by atoms with Gasteiger partial charge < -0.3 is 10.1 Å². The third-order valence-corrected chi connectivity index (χ3v) is 3.74. The van der Waals surface area contributed by atoms with Crippen LogP contribution in [0.1, 0.15) is 10.4 Å². The smallest absolute Gasteiger partial charge is 0.180 e. The molecular formula is C12H14FNO2S. The van der Waals surface area contributed by atoms with Crippen LogP contribution in [-0.2, 0) is 0 Å². The molecule has 0 bridgehead atoms. The molecule has 1 aliphatic heterocycles. The molecule has 92 valence electrons. The van der Waals surface area contributed by atoms with Crippen molar-refractivity contribution in [1.29, 1.82) is 0 Å². The molecule has 0 spiro atoms. The van der Waals surface area contributed by atoms with E-state index in [0.717, 1.165) is 18.1 Å². The number of ether oxygens (including phenoxy) is 1. The van der Waals surface area contributed by atoms with E-state index in [4.69, 9.17) is 4.74 Å². The molecule has 1 heterocycles. The highest BCUT2D eigenvalue weighted by Crippen LogP contribution is 2.20. The van der Waals surface area contributed by atoms with E-state index in [0.29, 0.717) is 5.56 Å². The Morgan fingerprint density at radius 3 is 3.00 bits per heavy atom. The molecule has 1 atom stereocenters. The Balaban J connectivity index is 2.16. The van der Waals surface area contributed by atoms with Crippen LogP contribution in [0.15, 0.2) is 18.2 Å². The number of nitrogens with one attached hydrogen (secondary N) is 1. The summed E-state index contributed by atoms with van der Waals surface area (Å²) in [6.45, 7) is 0.819. The number of hydrogen-bond acceptors (Lipinski definition) is 4. The summed E-state index contributed by atoms with van der Waals surface area (Å²) in [4.78, 5) is 12.1. The van der Waals surface area contributed by atoms with Crippen LogP contribution in [0.4, 0.5) is 4.39 Å². The predicted molar refractivity (Wildman–Crippen MR) is 66.4 cm³/mol. The fourth-order valence-electron chi connectivity index (χ4n) is 1.75. The molecule has 0 amide bonds. The number of rotatable bonds is 3. The van der Waals surface area contributed by atoms with Crippen molar-refractivity contribution < 1.29 is 13.9 Å². The molecule has 0 saturated carbocycles. The number of halogens is 1. The highest BCUT2D eigenvalue weighted by molar-refractivity contribution is 7.99. The Morgan fingerprint density at radius 2 is 2.41 bits per heavy atom. The van der Waals surface area contributed by atoms with Gasteiger partial charge in [0.05, 0.1) is 13.2 Å². The number of carbonyl (C=O) groups excluding carboxylic acids is 1. The van der Waals surface area contributed by atoms with Crippen LogP contribution in [-0.4, -0.2) is 37.0 Å². The maximum absolute atomic E-state index is 13.5. The molecule has 17 heavy (non-hydrogen) atoms. The van der Waals surface area contributed by atoms with Crippen molar-refractivity contribution in [3.05, 3.63) is 29.6 Å². The first-order chi connectivity index (χ1) is 8.22. The summed E-state index contributed by atoms with van der Waals surface area (Å²) in [6, 6.07) is 4.12. The maximum atomic E-state index is 13.5. The van der Waals surface area contributed by atoms with Crippen molar-refractivity contribution in [2.75, 3.05) is 25.2 Å². The molecule has 3 nitrogen and oxygen atoms in total. The number of benzene rings is 1. The van der Waals surface area contributed by atoms with Crippen LogP contribution < -0.4 is 10.1 Å². The van der Waals surface area contributed by atoms with Crippen molar-refractivity contribution in [2.24, 2.45) is 0 Å². The average Bonchev–Trinajstić information content (AvgIpc) is 2.39. The van der Waals surface area contributed by atoms with Gasteiger partial charge in [-0.1, -0.05) is 0 Å². The molecule has 5 heteroatoms. The van der Waals surface area contributed by atoms with Crippen LogP contribution in [0.2, 0.25) is 0 Å². The van der Waals surface area contributed by atoms with Crippen molar-refractivity contribution in [3.8, 4) is 5.75 Å². The van der Waals surface area contributed by atoms with E-state index in [1.165, 1.54) is 19.2 Å². The topological polar surface area (TPSA) is 38.3 Å². The van der Waals surface area contributed by atoms with Gasteiger partial charge in [0, 0.05) is 23.6 Å². The Bertz CT molecular complexity index is 419. The summed E-state index contributed by atoms with van der Waals surface area (Å²) < 4.78 is 18.3. The molecule has 1 aliphatic rings. The summed E-state index contributed by atoms with van der Waals surface area (Å²) in [5, 5.41) is 3.14. The molecule has 1 fully saturated rings. The van der Waals surface area contributed by atoms with E-state index < -0.39 is 5.82 Å². The first-order valence-electron chi connectivity index (χ1n) is 5.41. The standard InChI is InChI=1S/C12H14FNO2S/c1-16-11-3-2-8(6-9(11)13)12(15)10-7-17-5-4-14-10/h2-3,6,10,14H,4-5,7H2,1H3. The van der Waals surface area contributed by atoms with Gasteiger partial charge in [-0.25, -0.2) is 4.39 Å². The number of ketones is 1. The number of Topliss-reactive ketones (excluding diaryl/α,β-unsaturated/α-hetero) is 1. The zero-order valence-corrected chi connectivity index (χ0v) is 10.3. The SMILES string of the molecule is COc1ccc(C(=O)C2CSCCN2)cc1F. The van der Waals surface area contributed by atoms with Gasteiger partial charge in [0.1, 0.15) is 0 Å². The van der Waals surface area contributed by atoms with Gasteiger partial charge in [0.15, 0.2) is 17.3 Å². The second-order valence-corrected chi connectivity index (χ2v) is 4.95. The minimum Gasteiger partial charge on any atom is -0.494 e. The van der Waals surface area contributed by atoms with Gasteiger partial charge in [-0.3, -0.25) is 4.79 Å². The van der Waals surface area contributed by atoms with Crippen molar-refractivity contribution in [1.82, 2.24) is 5.32 Å². The lowest BCUT2D eigenvalue weighted by Crippen LogP contribution is -2.43. The van der Waals surface area contributed by atoms with Crippen molar-refractivity contribution in [2.45, 2.75) is 6.04 Å². The molecule has 0 radical (unpaired) electrons. The molecule has 1 aromatic carbocycles. The lowest BCUT2D eigenvalue weighted by Gasteiger charge is -2.21.